The average Bonchev–Trinajstić information content (AvgIpc) is 2.95. The molecule has 0 aromatic heterocycles. The summed E-state index contributed by atoms with van der Waals surface area (Å²) in [5.74, 6) is 0.734. The van der Waals surface area contributed by atoms with Gasteiger partial charge < -0.3 is 15.8 Å². The standard InChI is InChI=1S/C37H66N2O2/c1-6-8-9-10-11-12-13-14-15-16-17-18-19-20-21-22-23-24-32-37(31-7-2,36(3,4)38)39-35(40)30-27-33-25-28-34(41-5)29-26-33/h25-30H,6-24,31-32,38H2,1-5H3,(H,39,40). The molecule has 1 unspecified atom stereocenters. The van der Waals surface area contributed by atoms with Crippen LogP contribution in [0.4, 0.5) is 0 Å². The van der Waals surface area contributed by atoms with E-state index in [-0.39, 0.29) is 5.91 Å². The van der Waals surface area contributed by atoms with E-state index in [1.54, 1.807) is 13.2 Å². The summed E-state index contributed by atoms with van der Waals surface area (Å²) >= 11 is 0. The molecule has 0 aliphatic carbocycles. The number of hydrogen-bond acceptors (Lipinski definition) is 3. The first kappa shape index (κ1) is 37.2. The molecule has 0 aliphatic heterocycles. The Hall–Kier alpha value is -1.81. The van der Waals surface area contributed by atoms with E-state index >= 15 is 0 Å². The number of nitrogens with two attached hydrogens (primary N) is 1. The summed E-state index contributed by atoms with van der Waals surface area (Å²) in [7, 11) is 1.65. The van der Waals surface area contributed by atoms with Crippen molar-refractivity contribution in [2.45, 2.75) is 174 Å². The molecular weight excluding hydrogens is 504 g/mol. The molecule has 0 saturated heterocycles. The minimum absolute atomic E-state index is 0.0739. The maximum absolute atomic E-state index is 13.0. The van der Waals surface area contributed by atoms with Crippen molar-refractivity contribution in [1.29, 1.82) is 0 Å². The fraction of sp³-hybridized carbons (Fsp3) is 0.757. The Morgan fingerprint density at radius 3 is 1.54 bits per heavy atom. The van der Waals surface area contributed by atoms with Crippen LogP contribution >= 0.6 is 0 Å². The van der Waals surface area contributed by atoms with Gasteiger partial charge in [-0.2, -0.15) is 0 Å². The van der Waals surface area contributed by atoms with Gasteiger partial charge in [0.25, 0.3) is 0 Å². The van der Waals surface area contributed by atoms with Crippen molar-refractivity contribution < 1.29 is 9.53 Å². The first-order valence-electron chi connectivity index (χ1n) is 17.2. The van der Waals surface area contributed by atoms with E-state index in [0.29, 0.717) is 0 Å². The molecule has 1 atom stereocenters. The molecule has 0 saturated carbocycles. The predicted molar refractivity (Wildman–Crippen MR) is 179 cm³/mol. The maximum atomic E-state index is 13.0. The zero-order valence-corrected chi connectivity index (χ0v) is 27.7. The maximum Gasteiger partial charge on any atom is 0.244 e. The number of methoxy groups -OCH3 is 1. The molecule has 0 radical (unpaired) electrons. The molecule has 0 bridgehead atoms. The van der Waals surface area contributed by atoms with Gasteiger partial charge in [-0.05, 0) is 50.5 Å². The fourth-order valence-electron chi connectivity index (χ4n) is 5.98. The van der Waals surface area contributed by atoms with Crippen molar-refractivity contribution in [2.75, 3.05) is 7.11 Å². The van der Waals surface area contributed by atoms with Crippen molar-refractivity contribution >= 4 is 12.0 Å². The zero-order chi connectivity index (χ0) is 30.2. The zero-order valence-electron chi connectivity index (χ0n) is 27.7. The quantitative estimate of drug-likeness (QED) is 0.0860. The van der Waals surface area contributed by atoms with Gasteiger partial charge in [-0.3, -0.25) is 4.79 Å². The van der Waals surface area contributed by atoms with Gasteiger partial charge in [-0.1, -0.05) is 148 Å². The van der Waals surface area contributed by atoms with Crippen molar-refractivity contribution in [3.05, 3.63) is 35.9 Å². The lowest BCUT2D eigenvalue weighted by Gasteiger charge is -2.45. The van der Waals surface area contributed by atoms with E-state index in [9.17, 15) is 4.79 Å². The van der Waals surface area contributed by atoms with E-state index in [4.69, 9.17) is 10.5 Å². The molecule has 3 N–H and O–H groups in total. The van der Waals surface area contributed by atoms with Gasteiger partial charge in [0.2, 0.25) is 5.91 Å². The van der Waals surface area contributed by atoms with E-state index in [2.05, 4.69) is 33.0 Å². The predicted octanol–water partition coefficient (Wildman–Crippen LogP) is 10.5. The van der Waals surface area contributed by atoms with Crippen LogP contribution in [0.3, 0.4) is 0 Å². The van der Waals surface area contributed by atoms with Gasteiger partial charge in [-0.15, -0.1) is 0 Å². The van der Waals surface area contributed by atoms with Crippen molar-refractivity contribution in [3.8, 4) is 5.75 Å². The number of unbranched alkanes of at least 4 members (excludes halogenated alkanes) is 17. The van der Waals surface area contributed by atoms with Crippen LogP contribution in [-0.2, 0) is 4.79 Å². The molecule has 0 aliphatic rings. The third kappa shape index (κ3) is 17.0. The number of hydrogen-bond donors (Lipinski definition) is 2. The number of amides is 1. The third-order valence-corrected chi connectivity index (χ3v) is 8.77. The topological polar surface area (TPSA) is 64.3 Å². The first-order chi connectivity index (χ1) is 19.8. The number of ether oxygens (including phenoxy) is 1. The van der Waals surface area contributed by atoms with Gasteiger partial charge >= 0.3 is 0 Å². The second-order valence-electron chi connectivity index (χ2n) is 12.9. The monoisotopic (exact) mass is 571 g/mol. The largest absolute Gasteiger partial charge is 0.497 e. The Kier molecular flexibility index (Phi) is 20.6. The highest BCUT2D eigenvalue weighted by Gasteiger charge is 2.42. The van der Waals surface area contributed by atoms with Crippen molar-refractivity contribution in [2.24, 2.45) is 5.73 Å². The molecule has 41 heavy (non-hydrogen) atoms. The van der Waals surface area contributed by atoms with E-state index in [0.717, 1.165) is 37.0 Å². The Bertz CT molecular complexity index is 796. The molecule has 1 aromatic carbocycles. The van der Waals surface area contributed by atoms with Crippen LogP contribution in [0.5, 0.6) is 5.75 Å². The van der Waals surface area contributed by atoms with Crippen molar-refractivity contribution in [1.82, 2.24) is 5.32 Å². The Morgan fingerprint density at radius 1 is 0.707 bits per heavy atom. The highest BCUT2D eigenvalue weighted by atomic mass is 16.5. The Balaban J connectivity index is 2.26. The lowest BCUT2D eigenvalue weighted by Crippen LogP contribution is -2.65. The molecule has 4 nitrogen and oxygen atoms in total. The number of rotatable bonds is 26. The molecule has 1 amide bonds. The van der Waals surface area contributed by atoms with Crippen LogP contribution in [0, 0.1) is 0 Å². The number of benzene rings is 1. The highest BCUT2D eigenvalue weighted by molar-refractivity contribution is 5.92. The normalized spacial score (nSPS) is 13.4. The molecular formula is C37H66N2O2. The molecule has 0 heterocycles. The van der Waals surface area contributed by atoms with Gasteiger partial charge in [0.1, 0.15) is 5.75 Å². The van der Waals surface area contributed by atoms with Gasteiger partial charge in [0, 0.05) is 11.6 Å². The minimum atomic E-state index is -0.499. The summed E-state index contributed by atoms with van der Waals surface area (Å²) < 4.78 is 5.22. The lowest BCUT2D eigenvalue weighted by atomic mass is 9.73. The molecule has 1 aromatic rings. The van der Waals surface area contributed by atoms with Crippen LogP contribution in [-0.4, -0.2) is 24.1 Å². The second-order valence-corrected chi connectivity index (χ2v) is 12.9. The number of carbonyl (C=O) groups is 1. The average molecular weight is 571 g/mol. The Labute approximate surface area is 254 Å². The highest BCUT2D eigenvalue weighted by Crippen LogP contribution is 2.31. The van der Waals surface area contributed by atoms with Crippen LogP contribution in [0.25, 0.3) is 6.08 Å². The van der Waals surface area contributed by atoms with Crippen LogP contribution in [0.2, 0.25) is 0 Å². The molecule has 0 spiro atoms. The summed E-state index contributed by atoms with van der Waals surface area (Å²) in [5.41, 5.74) is 6.78. The second kappa shape index (κ2) is 22.7. The summed E-state index contributed by atoms with van der Waals surface area (Å²) in [4.78, 5) is 13.0. The van der Waals surface area contributed by atoms with Crippen LogP contribution < -0.4 is 15.8 Å². The Morgan fingerprint density at radius 2 is 1.15 bits per heavy atom. The number of nitrogens with one attached hydrogen (secondary N) is 1. The van der Waals surface area contributed by atoms with Gasteiger partial charge in [-0.25, -0.2) is 0 Å². The fourth-order valence-corrected chi connectivity index (χ4v) is 5.98. The number of carbonyl (C=O) groups excluding carboxylic acids is 1. The summed E-state index contributed by atoms with van der Waals surface area (Å²) in [6.45, 7) is 8.59. The molecule has 1 rings (SSSR count). The van der Waals surface area contributed by atoms with Crippen LogP contribution in [0.1, 0.15) is 168 Å². The van der Waals surface area contributed by atoms with Gasteiger partial charge in [0.05, 0.1) is 12.6 Å². The smallest absolute Gasteiger partial charge is 0.244 e. The van der Waals surface area contributed by atoms with E-state index in [1.807, 2.05) is 30.3 Å². The van der Waals surface area contributed by atoms with Crippen LogP contribution in [0.15, 0.2) is 30.3 Å². The first-order valence-corrected chi connectivity index (χ1v) is 17.2. The summed E-state index contributed by atoms with van der Waals surface area (Å²) in [6, 6.07) is 7.71. The third-order valence-electron chi connectivity index (χ3n) is 8.77. The minimum Gasteiger partial charge on any atom is -0.497 e. The van der Waals surface area contributed by atoms with Gasteiger partial charge in [0.15, 0.2) is 0 Å². The SMILES string of the molecule is CCCCCCCCCCCCCCCCCCCCC(CCC)(NC(=O)C=Cc1ccc(OC)cc1)C(C)(C)N. The summed E-state index contributed by atoms with van der Waals surface area (Å²) in [5, 5.41) is 3.35. The molecule has 236 valence electrons. The lowest BCUT2D eigenvalue weighted by molar-refractivity contribution is -0.119. The van der Waals surface area contributed by atoms with E-state index in [1.165, 1.54) is 109 Å². The summed E-state index contributed by atoms with van der Waals surface area (Å²) in [6.07, 6.45) is 31.0. The van der Waals surface area contributed by atoms with E-state index < -0.39 is 11.1 Å². The molecule has 4 heteroatoms. The molecule has 0 fully saturated rings. The van der Waals surface area contributed by atoms with Crippen molar-refractivity contribution in [3.63, 3.8) is 0 Å².